The Morgan fingerprint density at radius 1 is 1.29 bits per heavy atom. The molecule has 24 heavy (non-hydrogen) atoms. The number of nitrogens with one attached hydrogen (secondary N) is 1. The molecule has 1 rings (SSSR count). The highest BCUT2D eigenvalue weighted by Gasteiger charge is 2.26. The number of nitriles is 1. The first-order valence-corrected chi connectivity index (χ1v) is 7.54. The van der Waals surface area contributed by atoms with Crippen LogP contribution in [0.3, 0.4) is 0 Å². The first kappa shape index (κ1) is 19.3. The maximum Gasteiger partial charge on any atom is 0.328 e. The molecule has 0 fully saturated rings. The molecular formula is C17H22N2O5. The van der Waals surface area contributed by atoms with Gasteiger partial charge in [0.2, 0.25) is 0 Å². The van der Waals surface area contributed by atoms with Gasteiger partial charge in [-0.2, -0.15) is 5.26 Å². The molecule has 1 aromatic rings. The van der Waals surface area contributed by atoms with Gasteiger partial charge in [0.05, 0.1) is 25.9 Å². The topological polar surface area (TPSA) is 97.6 Å². The van der Waals surface area contributed by atoms with Crippen LogP contribution in [0.4, 0.5) is 0 Å². The summed E-state index contributed by atoms with van der Waals surface area (Å²) in [5.74, 6) is -0.310. The van der Waals surface area contributed by atoms with Crippen LogP contribution >= 0.6 is 0 Å². The largest absolute Gasteiger partial charge is 0.493 e. The van der Waals surface area contributed by atoms with Crippen molar-refractivity contribution in [2.45, 2.75) is 26.3 Å². The maximum atomic E-state index is 12.1. The van der Waals surface area contributed by atoms with Gasteiger partial charge in [-0.3, -0.25) is 4.79 Å². The number of hydrogen-bond acceptors (Lipinski definition) is 6. The minimum Gasteiger partial charge on any atom is -0.493 e. The highest BCUT2D eigenvalue weighted by atomic mass is 16.5. The lowest BCUT2D eigenvalue weighted by Crippen LogP contribution is -2.47. The van der Waals surface area contributed by atoms with Crippen molar-refractivity contribution in [1.29, 1.82) is 5.26 Å². The van der Waals surface area contributed by atoms with Crippen molar-refractivity contribution in [3.05, 3.63) is 23.8 Å². The Hall–Kier alpha value is -2.75. The second-order valence-corrected chi connectivity index (χ2v) is 5.22. The lowest BCUT2D eigenvalue weighted by Gasteiger charge is -2.22. The van der Waals surface area contributed by atoms with Gasteiger partial charge in [-0.05, 0) is 18.1 Å². The third-order valence-corrected chi connectivity index (χ3v) is 3.64. The lowest BCUT2D eigenvalue weighted by atomic mass is 9.99. The summed E-state index contributed by atoms with van der Waals surface area (Å²) in [6.07, 6.45) is 0.713. The lowest BCUT2D eigenvalue weighted by molar-refractivity contribution is -0.146. The number of carbonyl (C=O) groups excluding carboxylic acids is 2. The number of benzene rings is 1. The molecule has 1 aromatic carbocycles. The summed E-state index contributed by atoms with van der Waals surface area (Å²) in [4.78, 5) is 23.8. The van der Waals surface area contributed by atoms with Crippen molar-refractivity contribution >= 4 is 11.9 Å². The molecule has 0 spiro atoms. The zero-order valence-electron chi connectivity index (χ0n) is 14.3. The van der Waals surface area contributed by atoms with Gasteiger partial charge in [0.25, 0.3) is 5.91 Å². The summed E-state index contributed by atoms with van der Waals surface area (Å²) in [5, 5.41) is 11.5. The molecular weight excluding hydrogens is 312 g/mol. The molecule has 2 atom stereocenters. The predicted molar refractivity (Wildman–Crippen MR) is 86.6 cm³/mol. The average molecular weight is 334 g/mol. The van der Waals surface area contributed by atoms with Crippen LogP contribution in [0, 0.1) is 17.2 Å². The van der Waals surface area contributed by atoms with Gasteiger partial charge >= 0.3 is 5.97 Å². The van der Waals surface area contributed by atoms with E-state index in [2.05, 4.69) is 5.32 Å². The van der Waals surface area contributed by atoms with Crippen LogP contribution < -0.4 is 14.8 Å². The third kappa shape index (κ3) is 5.16. The van der Waals surface area contributed by atoms with Crippen LogP contribution in [0.15, 0.2) is 18.2 Å². The van der Waals surface area contributed by atoms with E-state index >= 15 is 0 Å². The summed E-state index contributed by atoms with van der Waals surface area (Å²) in [7, 11) is 2.72. The molecule has 1 N–H and O–H groups in total. The second kappa shape index (κ2) is 9.40. The van der Waals surface area contributed by atoms with Gasteiger partial charge in [0, 0.05) is 6.07 Å². The van der Waals surface area contributed by atoms with Crippen LogP contribution in [-0.4, -0.2) is 38.7 Å². The highest BCUT2D eigenvalue weighted by molar-refractivity contribution is 5.85. The molecule has 7 nitrogen and oxygen atoms in total. The van der Waals surface area contributed by atoms with E-state index in [1.165, 1.54) is 20.3 Å². The van der Waals surface area contributed by atoms with E-state index in [4.69, 9.17) is 19.5 Å². The van der Waals surface area contributed by atoms with Gasteiger partial charge < -0.3 is 19.5 Å². The first-order chi connectivity index (χ1) is 11.5. The van der Waals surface area contributed by atoms with E-state index in [0.717, 1.165) is 0 Å². The Bertz CT molecular complexity index is 624. The van der Waals surface area contributed by atoms with Crippen LogP contribution in [-0.2, 0) is 14.3 Å². The number of esters is 1. The Kier molecular flexibility index (Phi) is 7.56. The van der Waals surface area contributed by atoms with E-state index in [-0.39, 0.29) is 12.5 Å². The number of methoxy groups -OCH3 is 2. The monoisotopic (exact) mass is 334 g/mol. The average Bonchev–Trinajstić information content (AvgIpc) is 2.62. The molecule has 0 aromatic heterocycles. The molecule has 0 heterocycles. The number of carbonyl (C=O) groups is 2. The molecule has 1 amide bonds. The minimum absolute atomic E-state index is 0.0640. The van der Waals surface area contributed by atoms with Crippen molar-refractivity contribution in [2.24, 2.45) is 5.92 Å². The van der Waals surface area contributed by atoms with Gasteiger partial charge in [0.1, 0.15) is 6.04 Å². The van der Waals surface area contributed by atoms with Crippen LogP contribution in [0.25, 0.3) is 0 Å². The van der Waals surface area contributed by atoms with Crippen molar-refractivity contribution in [2.75, 3.05) is 20.8 Å². The van der Waals surface area contributed by atoms with Crippen molar-refractivity contribution in [3.8, 4) is 17.6 Å². The summed E-state index contributed by atoms with van der Waals surface area (Å²) in [6.45, 7) is 3.49. The Labute approximate surface area is 141 Å². The van der Waals surface area contributed by atoms with Crippen LogP contribution in [0.5, 0.6) is 11.5 Å². The number of ether oxygens (including phenoxy) is 3. The SMILES string of the molecule is CC[C@H](C)[C@@H](NC(=O)COc1ccc(C#N)cc1OC)C(=O)OC. The van der Waals surface area contributed by atoms with E-state index < -0.39 is 17.9 Å². The molecule has 0 aliphatic carbocycles. The highest BCUT2D eigenvalue weighted by Crippen LogP contribution is 2.27. The summed E-state index contributed by atoms with van der Waals surface area (Å²) < 4.78 is 15.3. The number of amides is 1. The summed E-state index contributed by atoms with van der Waals surface area (Å²) in [6, 6.07) is 5.90. The zero-order chi connectivity index (χ0) is 18.1. The quantitative estimate of drug-likeness (QED) is 0.726. The normalized spacial score (nSPS) is 12.5. The van der Waals surface area contributed by atoms with Crippen molar-refractivity contribution in [3.63, 3.8) is 0 Å². The van der Waals surface area contributed by atoms with Crippen molar-refractivity contribution in [1.82, 2.24) is 5.32 Å². The zero-order valence-corrected chi connectivity index (χ0v) is 14.3. The Balaban J connectivity index is 2.71. The third-order valence-electron chi connectivity index (χ3n) is 3.64. The fourth-order valence-electron chi connectivity index (χ4n) is 2.01. The molecule has 0 saturated heterocycles. The number of hydrogen-bond donors (Lipinski definition) is 1. The molecule has 0 bridgehead atoms. The molecule has 0 aliphatic rings. The van der Waals surface area contributed by atoms with E-state index in [9.17, 15) is 9.59 Å². The molecule has 0 radical (unpaired) electrons. The second-order valence-electron chi connectivity index (χ2n) is 5.22. The fourth-order valence-corrected chi connectivity index (χ4v) is 2.01. The molecule has 130 valence electrons. The first-order valence-electron chi connectivity index (χ1n) is 7.54. The maximum absolute atomic E-state index is 12.1. The van der Waals surface area contributed by atoms with Gasteiger partial charge in [-0.15, -0.1) is 0 Å². The van der Waals surface area contributed by atoms with Gasteiger partial charge in [-0.25, -0.2) is 4.79 Å². The predicted octanol–water partition coefficient (Wildman–Crippen LogP) is 1.65. The number of nitrogens with zero attached hydrogens (tertiary/aromatic N) is 1. The van der Waals surface area contributed by atoms with E-state index in [1.54, 1.807) is 12.1 Å². The fraction of sp³-hybridized carbons (Fsp3) is 0.471. The van der Waals surface area contributed by atoms with Crippen LogP contribution in [0.2, 0.25) is 0 Å². The molecule has 0 unspecified atom stereocenters. The van der Waals surface area contributed by atoms with E-state index in [1.807, 2.05) is 19.9 Å². The molecule has 7 heteroatoms. The summed E-state index contributed by atoms with van der Waals surface area (Å²) >= 11 is 0. The molecule has 0 saturated carbocycles. The van der Waals surface area contributed by atoms with Gasteiger partial charge in [-0.1, -0.05) is 20.3 Å². The van der Waals surface area contributed by atoms with Crippen molar-refractivity contribution < 1.29 is 23.8 Å². The number of rotatable bonds is 8. The Morgan fingerprint density at radius 3 is 2.54 bits per heavy atom. The van der Waals surface area contributed by atoms with Gasteiger partial charge in [0.15, 0.2) is 18.1 Å². The molecule has 0 aliphatic heterocycles. The smallest absolute Gasteiger partial charge is 0.328 e. The Morgan fingerprint density at radius 2 is 2.00 bits per heavy atom. The summed E-state index contributed by atoms with van der Waals surface area (Å²) in [5.41, 5.74) is 0.422. The van der Waals surface area contributed by atoms with Crippen LogP contribution in [0.1, 0.15) is 25.8 Å². The van der Waals surface area contributed by atoms with E-state index in [0.29, 0.717) is 23.5 Å². The minimum atomic E-state index is -0.723. The standard InChI is InChI=1S/C17H22N2O5/c1-5-11(2)16(17(21)23-4)19-15(20)10-24-13-7-6-12(9-18)8-14(13)22-3/h6-8,11,16H,5,10H2,1-4H3,(H,19,20)/t11-,16+/m0/s1.